The molecule has 2 atom stereocenters. The van der Waals surface area contributed by atoms with E-state index in [4.69, 9.17) is 4.74 Å². The number of cyclic esters (lactones) is 1. The van der Waals surface area contributed by atoms with Crippen molar-refractivity contribution in [2.75, 3.05) is 13.7 Å². The van der Waals surface area contributed by atoms with Crippen LogP contribution in [0.2, 0.25) is 0 Å². The lowest BCUT2D eigenvalue weighted by Gasteiger charge is -2.15. The largest absolute Gasteiger partial charge is 0.469 e. The Labute approximate surface area is 82.1 Å². The number of hydrogen-bond donors (Lipinski definition) is 1. The standard InChI is InChI=1S/C9H13NO4/c1-3-6(4-8(11)13-2)7-5-14-9(12)10-7/h3,6-7H,1,4-5H2,2H3,(H,10,12)/t6-,7-/m1/s1. The zero-order valence-electron chi connectivity index (χ0n) is 7.99. The molecule has 14 heavy (non-hydrogen) atoms. The summed E-state index contributed by atoms with van der Waals surface area (Å²) in [6.45, 7) is 3.87. The van der Waals surface area contributed by atoms with Gasteiger partial charge in [0.25, 0.3) is 0 Å². The van der Waals surface area contributed by atoms with Gasteiger partial charge in [-0.25, -0.2) is 4.79 Å². The second-order valence-electron chi connectivity index (χ2n) is 3.03. The van der Waals surface area contributed by atoms with Crippen molar-refractivity contribution >= 4 is 12.1 Å². The Morgan fingerprint density at radius 2 is 2.64 bits per heavy atom. The predicted molar refractivity (Wildman–Crippen MR) is 48.6 cm³/mol. The molecule has 1 saturated heterocycles. The molecule has 5 nitrogen and oxygen atoms in total. The summed E-state index contributed by atoms with van der Waals surface area (Å²) in [6, 6.07) is -0.181. The van der Waals surface area contributed by atoms with Crippen LogP contribution >= 0.6 is 0 Å². The van der Waals surface area contributed by atoms with Gasteiger partial charge in [0.2, 0.25) is 0 Å². The molecule has 78 valence electrons. The van der Waals surface area contributed by atoms with Crippen molar-refractivity contribution in [3.8, 4) is 0 Å². The number of nitrogens with one attached hydrogen (secondary N) is 1. The molecular formula is C9H13NO4. The number of ether oxygens (including phenoxy) is 2. The van der Waals surface area contributed by atoms with Crippen LogP contribution in [0.3, 0.4) is 0 Å². The van der Waals surface area contributed by atoms with E-state index in [0.717, 1.165) is 0 Å². The molecule has 0 aliphatic carbocycles. The molecule has 0 bridgehead atoms. The van der Waals surface area contributed by atoms with Gasteiger partial charge in [-0.1, -0.05) is 6.08 Å². The van der Waals surface area contributed by atoms with E-state index in [1.54, 1.807) is 6.08 Å². The molecule has 0 unspecified atom stereocenters. The van der Waals surface area contributed by atoms with Gasteiger partial charge in [-0.2, -0.15) is 0 Å². The number of alkyl carbamates (subject to hydrolysis) is 1. The molecule has 1 fully saturated rings. The fraction of sp³-hybridized carbons (Fsp3) is 0.556. The molecule has 0 spiro atoms. The Kier molecular flexibility index (Phi) is 3.50. The molecule has 0 aromatic rings. The van der Waals surface area contributed by atoms with Crippen LogP contribution in [0.1, 0.15) is 6.42 Å². The maximum absolute atomic E-state index is 11.0. The van der Waals surface area contributed by atoms with Crippen molar-refractivity contribution in [2.45, 2.75) is 12.5 Å². The minimum atomic E-state index is -0.452. The number of hydrogen-bond acceptors (Lipinski definition) is 4. The van der Waals surface area contributed by atoms with Gasteiger partial charge < -0.3 is 14.8 Å². The lowest BCUT2D eigenvalue weighted by atomic mass is 9.97. The zero-order chi connectivity index (χ0) is 10.6. The summed E-state index contributed by atoms with van der Waals surface area (Å²) in [5.41, 5.74) is 0. The van der Waals surface area contributed by atoms with E-state index in [-0.39, 0.29) is 31.0 Å². The lowest BCUT2D eigenvalue weighted by molar-refractivity contribution is -0.141. The number of rotatable bonds is 4. The first-order valence-electron chi connectivity index (χ1n) is 4.30. The Morgan fingerprint density at radius 3 is 3.07 bits per heavy atom. The normalized spacial score (nSPS) is 22.1. The van der Waals surface area contributed by atoms with E-state index >= 15 is 0 Å². The summed E-state index contributed by atoms with van der Waals surface area (Å²) in [5, 5.41) is 2.59. The van der Waals surface area contributed by atoms with Gasteiger partial charge in [0.1, 0.15) is 6.61 Å². The summed E-state index contributed by atoms with van der Waals surface area (Å²) >= 11 is 0. The monoisotopic (exact) mass is 199 g/mol. The van der Waals surface area contributed by atoms with Crippen molar-refractivity contribution in [1.82, 2.24) is 5.32 Å². The fourth-order valence-electron chi connectivity index (χ4n) is 1.30. The highest BCUT2D eigenvalue weighted by molar-refractivity contribution is 5.72. The van der Waals surface area contributed by atoms with Crippen LogP contribution < -0.4 is 5.32 Å². The fourth-order valence-corrected chi connectivity index (χ4v) is 1.30. The van der Waals surface area contributed by atoms with E-state index in [2.05, 4.69) is 16.6 Å². The molecule has 0 radical (unpaired) electrons. The average Bonchev–Trinajstić information content (AvgIpc) is 2.60. The summed E-state index contributed by atoms with van der Waals surface area (Å²) in [5.74, 6) is -0.468. The van der Waals surface area contributed by atoms with Crippen molar-refractivity contribution in [1.29, 1.82) is 0 Å². The van der Waals surface area contributed by atoms with Gasteiger partial charge >= 0.3 is 12.1 Å². The minimum Gasteiger partial charge on any atom is -0.469 e. The Hall–Kier alpha value is -1.52. The molecule has 1 aliphatic rings. The van der Waals surface area contributed by atoms with E-state index in [9.17, 15) is 9.59 Å². The third-order valence-electron chi connectivity index (χ3n) is 2.15. The molecule has 1 heterocycles. The summed E-state index contributed by atoms with van der Waals surface area (Å²) in [6.07, 6.45) is 1.37. The average molecular weight is 199 g/mol. The maximum Gasteiger partial charge on any atom is 0.407 e. The highest BCUT2D eigenvalue weighted by Crippen LogP contribution is 2.15. The zero-order valence-corrected chi connectivity index (χ0v) is 7.99. The quantitative estimate of drug-likeness (QED) is 0.527. The van der Waals surface area contributed by atoms with Gasteiger partial charge in [0, 0.05) is 5.92 Å². The number of amides is 1. The van der Waals surface area contributed by atoms with Crippen LogP contribution in [0.4, 0.5) is 4.79 Å². The molecule has 1 aliphatic heterocycles. The first-order valence-corrected chi connectivity index (χ1v) is 4.30. The third kappa shape index (κ3) is 2.48. The summed E-state index contributed by atoms with van der Waals surface area (Å²) in [7, 11) is 1.33. The predicted octanol–water partition coefficient (Wildman–Crippen LogP) is 0.460. The molecular weight excluding hydrogens is 186 g/mol. The lowest BCUT2D eigenvalue weighted by Crippen LogP contribution is -2.34. The minimum absolute atomic E-state index is 0.145. The molecule has 5 heteroatoms. The number of carbonyl (C=O) groups is 2. The van der Waals surface area contributed by atoms with Gasteiger partial charge in [-0.3, -0.25) is 4.79 Å². The van der Waals surface area contributed by atoms with E-state index in [0.29, 0.717) is 0 Å². The number of carbonyl (C=O) groups excluding carboxylic acids is 2. The highest BCUT2D eigenvalue weighted by Gasteiger charge is 2.29. The molecule has 1 rings (SSSR count). The number of methoxy groups -OCH3 is 1. The first kappa shape index (κ1) is 10.6. The van der Waals surface area contributed by atoms with Crippen LogP contribution in [0.25, 0.3) is 0 Å². The van der Waals surface area contributed by atoms with E-state index < -0.39 is 6.09 Å². The number of esters is 1. The second-order valence-corrected chi connectivity index (χ2v) is 3.03. The van der Waals surface area contributed by atoms with Gasteiger partial charge in [-0.15, -0.1) is 6.58 Å². The Balaban J connectivity index is 2.49. The molecule has 1 amide bonds. The topological polar surface area (TPSA) is 64.6 Å². The van der Waals surface area contributed by atoms with Gasteiger partial charge in [-0.05, 0) is 0 Å². The molecule has 1 N–H and O–H groups in total. The Bertz CT molecular complexity index is 251. The van der Waals surface area contributed by atoms with E-state index in [1.165, 1.54) is 7.11 Å². The van der Waals surface area contributed by atoms with Crippen LogP contribution in [0.15, 0.2) is 12.7 Å². The second kappa shape index (κ2) is 4.64. The molecule has 0 aromatic heterocycles. The van der Waals surface area contributed by atoms with Crippen LogP contribution in [-0.2, 0) is 14.3 Å². The van der Waals surface area contributed by atoms with E-state index in [1.807, 2.05) is 0 Å². The maximum atomic E-state index is 11.0. The van der Waals surface area contributed by atoms with Gasteiger partial charge in [0.05, 0.1) is 19.6 Å². The summed E-state index contributed by atoms with van der Waals surface area (Å²) in [4.78, 5) is 21.7. The first-order chi connectivity index (χ1) is 6.67. The van der Waals surface area contributed by atoms with Gasteiger partial charge in [0.15, 0.2) is 0 Å². The van der Waals surface area contributed by atoms with Crippen molar-refractivity contribution in [2.24, 2.45) is 5.92 Å². The van der Waals surface area contributed by atoms with Crippen LogP contribution in [-0.4, -0.2) is 31.8 Å². The highest BCUT2D eigenvalue weighted by atomic mass is 16.6. The van der Waals surface area contributed by atoms with Crippen molar-refractivity contribution in [3.63, 3.8) is 0 Å². The Morgan fingerprint density at radius 1 is 1.93 bits per heavy atom. The molecule has 0 aromatic carbocycles. The smallest absolute Gasteiger partial charge is 0.407 e. The summed E-state index contributed by atoms with van der Waals surface area (Å²) < 4.78 is 9.24. The van der Waals surface area contributed by atoms with Crippen molar-refractivity contribution in [3.05, 3.63) is 12.7 Å². The SMILES string of the molecule is C=C[C@H](CC(=O)OC)[C@H]1COC(=O)N1. The van der Waals surface area contributed by atoms with Crippen molar-refractivity contribution < 1.29 is 19.1 Å². The molecule has 0 saturated carbocycles. The van der Waals surface area contributed by atoms with Crippen LogP contribution in [0.5, 0.6) is 0 Å². The third-order valence-corrected chi connectivity index (χ3v) is 2.15. The van der Waals surface area contributed by atoms with Crippen LogP contribution in [0, 0.1) is 5.92 Å².